The molecule has 2 aromatic rings. The van der Waals surface area contributed by atoms with E-state index in [1.807, 2.05) is 26.0 Å². The zero-order valence-electron chi connectivity index (χ0n) is 18.6. The van der Waals surface area contributed by atoms with E-state index in [1.165, 1.54) is 5.56 Å². The standard InChI is InChI=1S/C15H19F2NO2.C9H13NS/c1-8(2)11-5-10(20-15(16)17)6-12(9-3-4-9)13(11)7-14(18)19;1-10(2)7-8-3-5-9(11)6-4-8/h5-6,8-9,15H,3-4,7H2,1-2H3,(H2,18,19);3-6,11H,7H2,1-2H3. The smallest absolute Gasteiger partial charge is 0.387 e. The van der Waals surface area contributed by atoms with Gasteiger partial charge < -0.3 is 15.4 Å². The second-order valence-electron chi connectivity index (χ2n) is 8.44. The molecule has 1 aliphatic carbocycles. The molecule has 1 saturated carbocycles. The summed E-state index contributed by atoms with van der Waals surface area (Å²) < 4.78 is 29.4. The summed E-state index contributed by atoms with van der Waals surface area (Å²) in [5, 5.41) is 0. The maximum absolute atomic E-state index is 12.4. The van der Waals surface area contributed by atoms with Crippen LogP contribution >= 0.6 is 12.6 Å². The molecule has 3 rings (SSSR count). The lowest BCUT2D eigenvalue weighted by Gasteiger charge is -2.19. The number of primary amides is 1. The molecule has 2 N–H and O–H groups in total. The molecule has 4 nitrogen and oxygen atoms in total. The molecular weight excluding hydrogens is 418 g/mol. The highest BCUT2D eigenvalue weighted by molar-refractivity contribution is 7.80. The van der Waals surface area contributed by atoms with E-state index in [0.717, 1.165) is 41.0 Å². The zero-order chi connectivity index (χ0) is 23.1. The van der Waals surface area contributed by atoms with Crippen molar-refractivity contribution in [2.75, 3.05) is 14.1 Å². The zero-order valence-corrected chi connectivity index (χ0v) is 19.5. The second kappa shape index (κ2) is 11.5. The number of hydrogen-bond acceptors (Lipinski definition) is 4. The number of rotatable bonds is 8. The van der Waals surface area contributed by atoms with Gasteiger partial charge in [-0.3, -0.25) is 4.79 Å². The molecule has 0 radical (unpaired) electrons. The number of carbonyl (C=O) groups is 1. The van der Waals surface area contributed by atoms with Crippen LogP contribution < -0.4 is 10.5 Å². The van der Waals surface area contributed by atoms with Gasteiger partial charge in [0.2, 0.25) is 5.91 Å². The Morgan fingerprint density at radius 2 is 1.81 bits per heavy atom. The van der Waals surface area contributed by atoms with E-state index in [2.05, 4.69) is 48.5 Å². The molecule has 1 fully saturated rings. The predicted octanol–water partition coefficient (Wildman–Crippen LogP) is 5.35. The van der Waals surface area contributed by atoms with Crippen LogP contribution in [0, 0.1) is 0 Å². The average Bonchev–Trinajstić information content (AvgIpc) is 3.49. The Balaban J connectivity index is 0.000000262. The number of alkyl halides is 2. The predicted molar refractivity (Wildman–Crippen MR) is 123 cm³/mol. The Hall–Kier alpha value is -2.12. The van der Waals surface area contributed by atoms with Gasteiger partial charge >= 0.3 is 6.61 Å². The molecule has 7 heteroatoms. The normalized spacial score (nSPS) is 13.4. The fourth-order valence-electron chi connectivity index (χ4n) is 3.48. The molecule has 170 valence electrons. The summed E-state index contributed by atoms with van der Waals surface area (Å²) in [6.45, 7) is 2.07. The number of benzene rings is 2. The molecule has 31 heavy (non-hydrogen) atoms. The highest BCUT2D eigenvalue weighted by Crippen LogP contribution is 2.45. The Labute approximate surface area is 189 Å². The molecule has 0 aromatic heterocycles. The summed E-state index contributed by atoms with van der Waals surface area (Å²) in [4.78, 5) is 14.4. The maximum atomic E-state index is 12.4. The molecule has 0 unspecified atom stereocenters. The average molecular weight is 451 g/mol. The number of halogens is 2. The van der Waals surface area contributed by atoms with Gasteiger partial charge in [0.1, 0.15) is 5.75 Å². The first-order valence-electron chi connectivity index (χ1n) is 10.4. The van der Waals surface area contributed by atoms with E-state index in [-0.39, 0.29) is 18.1 Å². The van der Waals surface area contributed by atoms with Gasteiger partial charge in [0, 0.05) is 11.4 Å². The van der Waals surface area contributed by atoms with E-state index >= 15 is 0 Å². The minimum absolute atomic E-state index is 0.114. The maximum Gasteiger partial charge on any atom is 0.387 e. The van der Waals surface area contributed by atoms with Crippen LogP contribution in [0.25, 0.3) is 0 Å². The van der Waals surface area contributed by atoms with Crippen molar-refractivity contribution in [1.29, 1.82) is 0 Å². The minimum Gasteiger partial charge on any atom is -0.435 e. The van der Waals surface area contributed by atoms with Crippen LogP contribution in [0.2, 0.25) is 0 Å². The first kappa shape index (κ1) is 25.1. The Morgan fingerprint density at radius 1 is 1.19 bits per heavy atom. The van der Waals surface area contributed by atoms with Crippen molar-refractivity contribution in [2.45, 2.75) is 63.0 Å². The number of amides is 1. The van der Waals surface area contributed by atoms with Crippen LogP contribution in [-0.4, -0.2) is 31.5 Å². The molecule has 0 atom stereocenters. The topological polar surface area (TPSA) is 55.6 Å². The van der Waals surface area contributed by atoms with Gasteiger partial charge in [0.15, 0.2) is 0 Å². The van der Waals surface area contributed by atoms with Gasteiger partial charge in [0.25, 0.3) is 0 Å². The molecule has 0 spiro atoms. The van der Waals surface area contributed by atoms with Gasteiger partial charge in [-0.25, -0.2) is 0 Å². The van der Waals surface area contributed by atoms with Crippen LogP contribution in [0.3, 0.4) is 0 Å². The quantitative estimate of drug-likeness (QED) is 0.533. The lowest BCUT2D eigenvalue weighted by Crippen LogP contribution is -2.17. The fourth-order valence-corrected chi connectivity index (χ4v) is 3.63. The first-order chi connectivity index (χ1) is 14.6. The van der Waals surface area contributed by atoms with Gasteiger partial charge in [-0.2, -0.15) is 8.78 Å². The molecule has 2 aromatic carbocycles. The van der Waals surface area contributed by atoms with Crippen molar-refractivity contribution in [3.63, 3.8) is 0 Å². The van der Waals surface area contributed by atoms with Crippen LogP contribution in [0.4, 0.5) is 8.78 Å². The van der Waals surface area contributed by atoms with Crippen LogP contribution in [-0.2, 0) is 17.8 Å². The summed E-state index contributed by atoms with van der Waals surface area (Å²) in [7, 11) is 4.13. The molecule has 0 heterocycles. The minimum atomic E-state index is -2.84. The first-order valence-corrected chi connectivity index (χ1v) is 10.8. The number of hydrogen-bond donors (Lipinski definition) is 2. The highest BCUT2D eigenvalue weighted by Gasteiger charge is 2.29. The van der Waals surface area contributed by atoms with Gasteiger partial charge in [-0.15, -0.1) is 12.6 Å². The number of nitrogens with two attached hydrogens (primary N) is 1. The van der Waals surface area contributed by atoms with Crippen molar-refractivity contribution in [3.8, 4) is 5.75 Å². The van der Waals surface area contributed by atoms with E-state index in [9.17, 15) is 13.6 Å². The third-order valence-corrected chi connectivity index (χ3v) is 5.24. The lowest BCUT2D eigenvalue weighted by atomic mass is 9.89. The van der Waals surface area contributed by atoms with Crippen LogP contribution in [0.5, 0.6) is 5.75 Å². The van der Waals surface area contributed by atoms with Gasteiger partial charge in [-0.05, 0) is 85.3 Å². The van der Waals surface area contributed by atoms with Crippen molar-refractivity contribution < 1.29 is 18.3 Å². The lowest BCUT2D eigenvalue weighted by molar-refractivity contribution is -0.117. The highest BCUT2D eigenvalue weighted by atomic mass is 32.1. The second-order valence-corrected chi connectivity index (χ2v) is 8.95. The SMILES string of the molecule is CC(C)c1cc(OC(F)F)cc(C2CC2)c1CC(N)=O.CN(C)Cc1ccc(S)cc1. The summed E-state index contributed by atoms with van der Waals surface area (Å²) in [6.07, 6.45) is 2.18. The van der Waals surface area contributed by atoms with Crippen molar-refractivity contribution in [1.82, 2.24) is 4.90 Å². The van der Waals surface area contributed by atoms with E-state index in [4.69, 9.17) is 5.73 Å². The van der Waals surface area contributed by atoms with Gasteiger partial charge in [-0.1, -0.05) is 26.0 Å². The number of carbonyl (C=O) groups excluding carboxylic acids is 1. The van der Waals surface area contributed by atoms with Crippen molar-refractivity contribution >= 4 is 18.5 Å². The fraction of sp³-hybridized carbons (Fsp3) is 0.458. The molecule has 0 saturated heterocycles. The van der Waals surface area contributed by atoms with E-state index < -0.39 is 12.5 Å². The third kappa shape index (κ3) is 8.50. The van der Waals surface area contributed by atoms with Crippen LogP contribution in [0.15, 0.2) is 41.3 Å². The summed E-state index contributed by atoms with van der Waals surface area (Å²) in [5.74, 6) is 0.210. The summed E-state index contributed by atoms with van der Waals surface area (Å²) >= 11 is 4.21. The largest absolute Gasteiger partial charge is 0.435 e. The molecular formula is C24H32F2N2O2S. The molecule has 1 aliphatic rings. The van der Waals surface area contributed by atoms with Crippen molar-refractivity contribution in [2.24, 2.45) is 5.73 Å². The number of nitrogens with zero attached hydrogens (tertiary/aromatic N) is 1. The number of thiol groups is 1. The Bertz CT molecular complexity index is 843. The molecule has 1 amide bonds. The van der Waals surface area contributed by atoms with E-state index in [1.54, 1.807) is 12.1 Å². The Kier molecular flexibility index (Phi) is 9.32. The molecule has 0 bridgehead atoms. The van der Waals surface area contributed by atoms with E-state index in [0.29, 0.717) is 5.92 Å². The molecule has 0 aliphatic heterocycles. The van der Waals surface area contributed by atoms with Crippen molar-refractivity contribution in [3.05, 3.63) is 58.7 Å². The summed E-state index contributed by atoms with van der Waals surface area (Å²) in [5.41, 5.74) is 9.32. The van der Waals surface area contributed by atoms with Gasteiger partial charge in [0.05, 0.1) is 6.42 Å². The Morgan fingerprint density at radius 3 is 2.26 bits per heavy atom. The summed E-state index contributed by atoms with van der Waals surface area (Å²) in [6, 6.07) is 11.5. The third-order valence-electron chi connectivity index (χ3n) is 4.94. The van der Waals surface area contributed by atoms with Crippen LogP contribution in [0.1, 0.15) is 60.8 Å². The number of ether oxygens (including phenoxy) is 1. The monoisotopic (exact) mass is 450 g/mol.